The van der Waals surface area contributed by atoms with Gasteiger partial charge in [0.25, 0.3) is 0 Å². The Hall–Kier alpha value is -1.34. The minimum absolute atomic E-state index is 0.0473. The van der Waals surface area contributed by atoms with Gasteiger partial charge in [-0.25, -0.2) is 8.42 Å². The molecule has 0 radical (unpaired) electrons. The van der Waals surface area contributed by atoms with Crippen molar-refractivity contribution in [1.29, 1.82) is 0 Å². The van der Waals surface area contributed by atoms with Crippen LogP contribution in [-0.4, -0.2) is 42.3 Å². The zero-order valence-electron chi connectivity index (χ0n) is 12.5. The highest BCUT2D eigenvalue weighted by molar-refractivity contribution is 8.16. The molecule has 0 bridgehead atoms. The number of hydrogen-bond acceptors (Lipinski definition) is 4. The smallest absolute Gasteiger partial charge is 0.247 e. The molecule has 0 saturated carbocycles. The van der Waals surface area contributed by atoms with Gasteiger partial charge in [-0.1, -0.05) is 30.8 Å². The number of carbonyl (C=O) groups is 1. The van der Waals surface area contributed by atoms with E-state index in [2.05, 4.69) is 4.99 Å². The molecule has 0 unspecified atom stereocenters. The van der Waals surface area contributed by atoms with Crippen LogP contribution < -0.4 is 4.90 Å². The van der Waals surface area contributed by atoms with Gasteiger partial charge in [-0.3, -0.25) is 4.79 Å². The van der Waals surface area contributed by atoms with E-state index in [1.165, 1.54) is 11.8 Å². The van der Waals surface area contributed by atoms with Crippen LogP contribution in [0, 0.1) is 6.92 Å². The molecule has 2 heterocycles. The van der Waals surface area contributed by atoms with Crippen LogP contribution in [0.4, 0.5) is 5.69 Å². The van der Waals surface area contributed by atoms with E-state index in [1.807, 2.05) is 36.1 Å². The lowest BCUT2D eigenvalue weighted by atomic mass is 10.1. The fourth-order valence-electron chi connectivity index (χ4n) is 2.83. The fraction of sp³-hybridized carbons (Fsp3) is 0.467. The summed E-state index contributed by atoms with van der Waals surface area (Å²) in [7, 11) is -3.02. The predicted octanol–water partition coefficient (Wildman–Crippen LogP) is 2.01. The van der Waals surface area contributed by atoms with Gasteiger partial charge in [0.2, 0.25) is 5.91 Å². The number of amidine groups is 1. The largest absolute Gasteiger partial charge is 0.316 e. The van der Waals surface area contributed by atoms with Crippen LogP contribution in [0.3, 0.4) is 0 Å². The summed E-state index contributed by atoms with van der Waals surface area (Å²) in [6.07, 6.45) is 0.347. The minimum atomic E-state index is -3.02. The molecule has 7 heteroatoms. The molecule has 2 saturated heterocycles. The average Bonchev–Trinajstić information content (AvgIpc) is 2.89. The molecule has 2 fully saturated rings. The molecule has 1 amide bonds. The molecule has 2 atom stereocenters. The Morgan fingerprint density at radius 1 is 1.41 bits per heavy atom. The van der Waals surface area contributed by atoms with E-state index >= 15 is 0 Å². The number of aryl methyl sites for hydroxylation is 1. The lowest BCUT2D eigenvalue weighted by Crippen LogP contribution is -2.37. The van der Waals surface area contributed by atoms with E-state index in [0.29, 0.717) is 11.6 Å². The summed E-state index contributed by atoms with van der Waals surface area (Å²) >= 11 is 1.41. The summed E-state index contributed by atoms with van der Waals surface area (Å²) in [5.74, 6) is 0.102. The number of thioether (sulfide) groups is 1. The third kappa shape index (κ3) is 2.92. The summed E-state index contributed by atoms with van der Waals surface area (Å²) in [6.45, 7) is 3.76. The Bertz CT molecular complexity index is 743. The predicted molar refractivity (Wildman–Crippen MR) is 90.2 cm³/mol. The van der Waals surface area contributed by atoms with Crippen molar-refractivity contribution in [2.45, 2.75) is 31.6 Å². The van der Waals surface area contributed by atoms with Crippen LogP contribution in [0.25, 0.3) is 0 Å². The van der Waals surface area contributed by atoms with Gasteiger partial charge in [0.05, 0.1) is 17.5 Å². The van der Waals surface area contributed by atoms with Crippen molar-refractivity contribution in [2.75, 3.05) is 16.4 Å². The highest BCUT2D eigenvalue weighted by Gasteiger charge is 2.49. The third-order valence-electron chi connectivity index (χ3n) is 3.87. The number of carbonyl (C=O) groups excluding carboxylic acids is 1. The summed E-state index contributed by atoms with van der Waals surface area (Å²) in [4.78, 5) is 17.8. The topological polar surface area (TPSA) is 66.8 Å². The van der Waals surface area contributed by atoms with Crippen molar-refractivity contribution in [2.24, 2.45) is 4.99 Å². The van der Waals surface area contributed by atoms with E-state index in [0.717, 1.165) is 11.3 Å². The number of sulfone groups is 1. The van der Waals surface area contributed by atoms with Gasteiger partial charge in [-0.2, -0.15) is 4.99 Å². The molecular formula is C15H18N2O3S2. The van der Waals surface area contributed by atoms with Crippen LogP contribution >= 0.6 is 11.8 Å². The first kappa shape index (κ1) is 15.6. The average molecular weight is 338 g/mol. The lowest BCUT2D eigenvalue weighted by molar-refractivity contribution is -0.117. The van der Waals surface area contributed by atoms with Gasteiger partial charge >= 0.3 is 0 Å². The monoisotopic (exact) mass is 338 g/mol. The second-order valence-corrected chi connectivity index (χ2v) is 9.01. The van der Waals surface area contributed by atoms with Gasteiger partial charge in [0.15, 0.2) is 15.0 Å². The van der Waals surface area contributed by atoms with Crippen molar-refractivity contribution in [3.63, 3.8) is 0 Å². The molecule has 5 nitrogen and oxygen atoms in total. The van der Waals surface area contributed by atoms with Crippen LogP contribution in [-0.2, 0) is 14.6 Å². The number of anilines is 1. The molecule has 22 heavy (non-hydrogen) atoms. The normalized spacial score (nSPS) is 28.1. The van der Waals surface area contributed by atoms with Crippen molar-refractivity contribution in [3.8, 4) is 0 Å². The molecule has 0 N–H and O–H groups in total. The summed E-state index contributed by atoms with van der Waals surface area (Å²) in [5, 5.41) is 0.580. The SMILES string of the molecule is CCC(=O)N=C1S[C@H]2CS(=O)(=O)C[C@H]2N1c1cccc(C)c1. The second-order valence-electron chi connectivity index (χ2n) is 5.65. The molecule has 1 aromatic rings. The van der Waals surface area contributed by atoms with E-state index in [4.69, 9.17) is 0 Å². The quantitative estimate of drug-likeness (QED) is 0.825. The molecule has 2 aliphatic heterocycles. The highest BCUT2D eigenvalue weighted by atomic mass is 32.2. The second kappa shape index (κ2) is 5.70. The van der Waals surface area contributed by atoms with Gasteiger partial charge in [0.1, 0.15) is 0 Å². The first-order valence-electron chi connectivity index (χ1n) is 7.24. The van der Waals surface area contributed by atoms with E-state index in [1.54, 1.807) is 6.92 Å². The summed E-state index contributed by atoms with van der Waals surface area (Å²) in [5.41, 5.74) is 1.99. The van der Waals surface area contributed by atoms with Gasteiger partial charge in [-0.05, 0) is 24.6 Å². The van der Waals surface area contributed by atoms with Gasteiger partial charge in [-0.15, -0.1) is 0 Å². The van der Waals surface area contributed by atoms with Crippen molar-refractivity contribution < 1.29 is 13.2 Å². The number of fused-ring (bicyclic) bond motifs is 1. The Morgan fingerprint density at radius 3 is 2.86 bits per heavy atom. The molecule has 2 aliphatic rings. The third-order valence-corrected chi connectivity index (χ3v) is 7.08. The van der Waals surface area contributed by atoms with Gasteiger partial charge in [0, 0.05) is 17.4 Å². The Kier molecular flexibility index (Phi) is 4.03. The summed E-state index contributed by atoms with van der Waals surface area (Å²) in [6, 6.07) is 7.72. The number of amides is 1. The van der Waals surface area contributed by atoms with Crippen molar-refractivity contribution in [3.05, 3.63) is 29.8 Å². The first-order chi connectivity index (χ1) is 10.4. The van der Waals surface area contributed by atoms with Crippen LogP contribution in [0.5, 0.6) is 0 Å². The fourth-order valence-corrected chi connectivity index (χ4v) is 6.76. The number of rotatable bonds is 2. The van der Waals surface area contributed by atoms with E-state index in [9.17, 15) is 13.2 Å². The molecule has 0 aliphatic carbocycles. The summed E-state index contributed by atoms with van der Waals surface area (Å²) < 4.78 is 23.9. The molecule has 1 aromatic carbocycles. The molecule has 0 aromatic heterocycles. The van der Waals surface area contributed by atoms with E-state index < -0.39 is 9.84 Å². The molecule has 0 spiro atoms. The van der Waals surface area contributed by atoms with Crippen LogP contribution in [0.1, 0.15) is 18.9 Å². The maximum Gasteiger partial charge on any atom is 0.247 e. The van der Waals surface area contributed by atoms with Crippen LogP contribution in [0.15, 0.2) is 29.3 Å². The van der Waals surface area contributed by atoms with Crippen molar-refractivity contribution >= 4 is 38.4 Å². The highest BCUT2D eigenvalue weighted by Crippen LogP contribution is 2.41. The maximum atomic E-state index is 11.9. The van der Waals surface area contributed by atoms with Crippen molar-refractivity contribution in [1.82, 2.24) is 0 Å². The van der Waals surface area contributed by atoms with E-state index in [-0.39, 0.29) is 28.7 Å². The zero-order valence-corrected chi connectivity index (χ0v) is 14.2. The zero-order chi connectivity index (χ0) is 15.9. The Morgan fingerprint density at radius 2 is 2.18 bits per heavy atom. The standard InChI is InChI=1S/C15H18N2O3S2/c1-3-14(18)16-15-17(11-6-4-5-10(2)7-11)12-8-22(19,20)9-13(12)21-15/h4-7,12-13H,3,8-9H2,1-2H3/t12-,13+/m1/s1. The number of benzene rings is 1. The molecule has 118 valence electrons. The van der Waals surface area contributed by atoms with Gasteiger partial charge < -0.3 is 4.90 Å². The minimum Gasteiger partial charge on any atom is -0.316 e. The number of nitrogens with zero attached hydrogens (tertiary/aromatic N) is 2. The van der Waals surface area contributed by atoms with Crippen LogP contribution in [0.2, 0.25) is 0 Å². The number of aliphatic imine (C=N–C) groups is 1. The Labute approximate surface area is 134 Å². The number of hydrogen-bond donors (Lipinski definition) is 0. The maximum absolute atomic E-state index is 11.9. The lowest BCUT2D eigenvalue weighted by Gasteiger charge is -2.24. The molecule has 3 rings (SSSR count). The molecular weight excluding hydrogens is 320 g/mol. The first-order valence-corrected chi connectivity index (χ1v) is 9.94. The Balaban J connectivity index is 2.03.